The molecule has 1 saturated heterocycles. The molecule has 3 heterocycles. The maximum atomic E-state index is 12.9. The second-order valence-electron chi connectivity index (χ2n) is 8.55. The number of fused-ring (bicyclic) bond motifs is 3. The standard InChI is InChI=1S/C23H30N4O2/c1-17-13-18(2)15-25(14-17)11-6-10-24-22(28)16-27-20-8-4-3-7-19(20)26-12-5-9-21(26)23(27)29/h3-5,7-9,12,17-18H,6,10-11,13-16H2,1-2H3,(H,24,28)/t17-,18-/m0/s1. The van der Waals surface area contributed by atoms with Crippen LogP contribution in [0.25, 0.3) is 16.6 Å². The number of likely N-dealkylation sites (tertiary alicyclic amines) is 1. The van der Waals surface area contributed by atoms with Gasteiger partial charge in [0, 0.05) is 25.8 Å². The SMILES string of the molecule is C[C@H]1C[C@H](C)CN(CCCNC(=O)Cn2c(=O)c3cccn3c3ccccc32)C1. The van der Waals surface area contributed by atoms with Crippen LogP contribution in [0.4, 0.5) is 0 Å². The fraction of sp³-hybridized carbons (Fsp3) is 0.478. The number of hydrogen-bond acceptors (Lipinski definition) is 3. The Morgan fingerprint density at radius 2 is 1.72 bits per heavy atom. The first-order chi connectivity index (χ1) is 14.0. The Morgan fingerprint density at radius 1 is 1.03 bits per heavy atom. The lowest BCUT2D eigenvalue weighted by atomic mass is 9.92. The van der Waals surface area contributed by atoms with Gasteiger partial charge in [-0.2, -0.15) is 0 Å². The Bertz CT molecular complexity index is 1060. The minimum Gasteiger partial charge on any atom is -0.355 e. The van der Waals surface area contributed by atoms with Gasteiger partial charge in [0.25, 0.3) is 5.56 Å². The Labute approximate surface area is 171 Å². The average molecular weight is 395 g/mol. The molecule has 1 N–H and O–H groups in total. The van der Waals surface area contributed by atoms with Gasteiger partial charge in [0.2, 0.25) is 5.91 Å². The molecule has 0 bridgehead atoms. The summed E-state index contributed by atoms with van der Waals surface area (Å²) in [4.78, 5) is 27.9. The highest BCUT2D eigenvalue weighted by atomic mass is 16.2. The normalized spacial score (nSPS) is 20.3. The van der Waals surface area contributed by atoms with Crippen molar-refractivity contribution >= 4 is 22.5 Å². The highest BCUT2D eigenvalue weighted by Gasteiger charge is 2.21. The van der Waals surface area contributed by atoms with E-state index in [9.17, 15) is 9.59 Å². The van der Waals surface area contributed by atoms with Crippen molar-refractivity contribution in [2.45, 2.75) is 33.2 Å². The van der Waals surface area contributed by atoms with Crippen LogP contribution in [0.3, 0.4) is 0 Å². The first-order valence-electron chi connectivity index (χ1n) is 10.6. The summed E-state index contributed by atoms with van der Waals surface area (Å²) in [7, 11) is 0. The molecule has 29 heavy (non-hydrogen) atoms. The molecule has 3 aromatic rings. The Kier molecular flexibility index (Phi) is 5.72. The summed E-state index contributed by atoms with van der Waals surface area (Å²) in [5, 5.41) is 2.99. The molecule has 0 radical (unpaired) electrons. The number of carbonyl (C=O) groups excluding carboxylic acids is 1. The van der Waals surface area contributed by atoms with Crippen LogP contribution in [0.5, 0.6) is 0 Å². The van der Waals surface area contributed by atoms with E-state index in [0.29, 0.717) is 12.1 Å². The first kappa shape index (κ1) is 19.7. The number of amides is 1. The van der Waals surface area contributed by atoms with Crippen LogP contribution < -0.4 is 10.9 Å². The lowest BCUT2D eigenvalue weighted by Gasteiger charge is -2.34. The number of para-hydroxylation sites is 2. The van der Waals surface area contributed by atoms with Crippen molar-refractivity contribution in [2.24, 2.45) is 11.8 Å². The van der Waals surface area contributed by atoms with Gasteiger partial charge in [-0.25, -0.2) is 0 Å². The number of hydrogen-bond donors (Lipinski definition) is 1. The molecule has 0 saturated carbocycles. The minimum absolute atomic E-state index is 0.0405. The van der Waals surface area contributed by atoms with Crippen LogP contribution in [0, 0.1) is 11.8 Å². The van der Waals surface area contributed by atoms with Gasteiger partial charge in [-0.1, -0.05) is 26.0 Å². The van der Waals surface area contributed by atoms with E-state index in [1.54, 1.807) is 10.6 Å². The van der Waals surface area contributed by atoms with E-state index in [1.807, 2.05) is 40.9 Å². The summed E-state index contributed by atoms with van der Waals surface area (Å²) in [5.74, 6) is 1.38. The summed E-state index contributed by atoms with van der Waals surface area (Å²) < 4.78 is 3.46. The zero-order valence-corrected chi connectivity index (χ0v) is 17.3. The van der Waals surface area contributed by atoms with Crippen molar-refractivity contribution in [3.05, 3.63) is 52.9 Å². The number of rotatable bonds is 6. The predicted octanol–water partition coefficient (Wildman–Crippen LogP) is 2.74. The molecular weight excluding hydrogens is 364 g/mol. The fourth-order valence-corrected chi connectivity index (χ4v) is 4.77. The number of piperidine rings is 1. The third-order valence-corrected chi connectivity index (χ3v) is 5.86. The van der Waals surface area contributed by atoms with Crippen LogP contribution in [0.2, 0.25) is 0 Å². The number of nitrogens with one attached hydrogen (secondary N) is 1. The third-order valence-electron chi connectivity index (χ3n) is 5.86. The molecule has 0 spiro atoms. The van der Waals surface area contributed by atoms with Crippen LogP contribution in [0.15, 0.2) is 47.4 Å². The second-order valence-corrected chi connectivity index (χ2v) is 8.55. The summed E-state index contributed by atoms with van der Waals surface area (Å²) in [6.45, 7) is 8.61. The van der Waals surface area contributed by atoms with Gasteiger partial charge in [-0.15, -0.1) is 0 Å². The molecule has 2 aromatic heterocycles. The molecule has 4 rings (SSSR count). The van der Waals surface area contributed by atoms with Gasteiger partial charge in [0.05, 0.1) is 11.0 Å². The van der Waals surface area contributed by atoms with Gasteiger partial charge in [-0.05, 0) is 55.5 Å². The zero-order chi connectivity index (χ0) is 20.4. The van der Waals surface area contributed by atoms with Crippen molar-refractivity contribution in [2.75, 3.05) is 26.2 Å². The minimum atomic E-state index is -0.139. The van der Waals surface area contributed by atoms with Crippen molar-refractivity contribution in [3.8, 4) is 0 Å². The fourth-order valence-electron chi connectivity index (χ4n) is 4.77. The van der Waals surface area contributed by atoms with E-state index in [1.165, 1.54) is 6.42 Å². The predicted molar refractivity (Wildman–Crippen MR) is 116 cm³/mol. The molecule has 2 atom stereocenters. The summed E-state index contributed by atoms with van der Waals surface area (Å²) >= 11 is 0. The van der Waals surface area contributed by atoms with E-state index in [4.69, 9.17) is 0 Å². The topological polar surface area (TPSA) is 58.8 Å². The monoisotopic (exact) mass is 394 g/mol. The van der Waals surface area contributed by atoms with Crippen molar-refractivity contribution in [1.82, 2.24) is 19.2 Å². The van der Waals surface area contributed by atoms with E-state index in [-0.39, 0.29) is 18.0 Å². The highest BCUT2D eigenvalue weighted by molar-refractivity contribution is 5.82. The lowest BCUT2D eigenvalue weighted by molar-refractivity contribution is -0.121. The second kappa shape index (κ2) is 8.41. The molecule has 1 aliphatic rings. The Hall–Kier alpha value is -2.60. The number of aromatic nitrogens is 2. The van der Waals surface area contributed by atoms with Crippen molar-refractivity contribution in [1.29, 1.82) is 0 Å². The highest BCUT2D eigenvalue weighted by Crippen LogP contribution is 2.20. The van der Waals surface area contributed by atoms with Crippen molar-refractivity contribution < 1.29 is 4.79 Å². The first-order valence-corrected chi connectivity index (χ1v) is 10.6. The Balaban J connectivity index is 1.39. The van der Waals surface area contributed by atoms with Crippen LogP contribution >= 0.6 is 0 Å². The van der Waals surface area contributed by atoms with E-state index in [0.717, 1.165) is 48.9 Å². The van der Waals surface area contributed by atoms with Gasteiger partial charge < -0.3 is 14.6 Å². The third kappa shape index (κ3) is 4.22. The molecule has 1 fully saturated rings. The Morgan fingerprint density at radius 3 is 2.48 bits per heavy atom. The van der Waals surface area contributed by atoms with Crippen LogP contribution in [0.1, 0.15) is 26.7 Å². The molecule has 1 amide bonds. The molecule has 6 heteroatoms. The van der Waals surface area contributed by atoms with E-state index < -0.39 is 0 Å². The van der Waals surface area contributed by atoms with Crippen LogP contribution in [-0.4, -0.2) is 46.0 Å². The number of benzene rings is 1. The molecule has 154 valence electrons. The zero-order valence-electron chi connectivity index (χ0n) is 17.3. The summed E-state index contributed by atoms with van der Waals surface area (Å²) in [6.07, 6.45) is 4.12. The molecule has 0 aliphatic carbocycles. The number of nitrogens with zero attached hydrogens (tertiary/aromatic N) is 3. The van der Waals surface area contributed by atoms with E-state index >= 15 is 0 Å². The molecule has 1 aromatic carbocycles. The molecule has 0 unspecified atom stereocenters. The van der Waals surface area contributed by atoms with Gasteiger partial charge in [-0.3, -0.25) is 14.2 Å². The lowest BCUT2D eigenvalue weighted by Crippen LogP contribution is -2.40. The molecular formula is C23H30N4O2. The average Bonchev–Trinajstić information content (AvgIpc) is 3.18. The summed E-state index contributed by atoms with van der Waals surface area (Å²) in [5.41, 5.74) is 2.14. The molecule has 6 nitrogen and oxygen atoms in total. The maximum absolute atomic E-state index is 12.9. The quantitative estimate of drug-likeness (QED) is 0.654. The van der Waals surface area contributed by atoms with Crippen molar-refractivity contribution in [3.63, 3.8) is 0 Å². The maximum Gasteiger partial charge on any atom is 0.275 e. The summed E-state index contributed by atoms with van der Waals surface area (Å²) in [6, 6.07) is 11.4. The molecule has 1 aliphatic heterocycles. The van der Waals surface area contributed by atoms with E-state index in [2.05, 4.69) is 24.1 Å². The van der Waals surface area contributed by atoms with Crippen LogP contribution in [-0.2, 0) is 11.3 Å². The largest absolute Gasteiger partial charge is 0.355 e. The van der Waals surface area contributed by atoms with Gasteiger partial charge >= 0.3 is 0 Å². The smallest absolute Gasteiger partial charge is 0.275 e. The number of carbonyl (C=O) groups is 1. The van der Waals surface area contributed by atoms with Gasteiger partial charge in [0.1, 0.15) is 12.1 Å². The van der Waals surface area contributed by atoms with Gasteiger partial charge in [0.15, 0.2) is 0 Å².